The van der Waals surface area contributed by atoms with E-state index < -0.39 is 0 Å². The molecule has 0 bridgehead atoms. The normalized spacial score (nSPS) is 9.55. The Morgan fingerprint density at radius 3 is 2.64 bits per heavy atom. The van der Waals surface area contributed by atoms with Crippen molar-refractivity contribution in [2.75, 3.05) is 19.5 Å². The molecule has 0 atom stereocenters. The molecule has 11 heavy (non-hydrogen) atoms. The van der Waals surface area contributed by atoms with Gasteiger partial charge in [0.15, 0.2) is 0 Å². The maximum Gasteiger partial charge on any atom is 0.147 e. The van der Waals surface area contributed by atoms with Crippen LogP contribution in [0, 0.1) is 10.8 Å². The lowest BCUT2D eigenvalue weighted by molar-refractivity contribution is 0.200. The second-order valence-corrected chi connectivity index (χ2v) is 3.04. The van der Waals surface area contributed by atoms with Crippen LogP contribution in [0.15, 0.2) is 0 Å². The maximum absolute atomic E-state index is 7.15. The summed E-state index contributed by atoms with van der Waals surface area (Å²) in [7, 11) is 1.64. The Bertz CT molecular complexity index is 149. The quantitative estimate of drug-likeness (QED) is 0.333. The molecule has 0 aromatic carbocycles. The lowest BCUT2D eigenvalue weighted by Gasteiger charge is -2.00. The number of nitrogens with two attached hydrogens (primary N) is 1. The third kappa shape index (κ3) is 5.87. The molecule has 0 rings (SSSR count). The highest BCUT2D eigenvalue weighted by molar-refractivity contribution is 8.15. The van der Waals surface area contributed by atoms with Gasteiger partial charge in [0.2, 0.25) is 0 Å². The number of nitrogens with one attached hydrogen (secondary N) is 2. The highest BCUT2D eigenvalue weighted by atomic mass is 32.2. The maximum atomic E-state index is 7.15. The number of rotatable bonds is 4. The summed E-state index contributed by atoms with van der Waals surface area (Å²) in [6, 6.07) is 0. The standard InChI is InChI=1S/C6H13N3OS/c1-10-3-2-4-11-6(9)5(7)8/h9H,2-4H2,1H3,(H3,7,8). The minimum atomic E-state index is -0.160. The zero-order valence-electron chi connectivity index (χ0n) is 6.52. The van der Waals surface area contributed by atoms with Gasteiger partial charge in [0, 0.05) is 19.5 Å². The first kappa shape index (κ1) is 10.4. The number of amidine groups is 1. The fraction of sp³-hybridized carbons (Fsp3) is 0.667. The monoisotopic (exact) mass is 175 g/mol. The van der Waals surface area contributed by atoms with Gasteiger partial charge in [-0.25, -0.2) is 0 Å². The minimum Gasteiger partial charge on any atom is -0.385 e. The summed E-state index contributed by atoms with van der Waals surface area (Å²) in [4.78, 5) is 0. The Morgan fingerprint density at radius 2 is 2.18 bits per heavy atom. The van der Waals surface area contributed by atoms with Crippen molar-refractivity contribution in [3.63, 3.8) is 0 Å². The summed E-state index contributed by atoms with van der Waals surface area (Å²) in [5, 5.41) is 14.2. The molecular weight excluding hydrogens is 162 g/mol. The predicted molar refractivity (Wildman–Crippen MR) is 48.6 cm³/mol. The van der Waals surface area contributed by atoms with E-state index in [-0.39, 0.29) is 10.9 Å². The van der Waals surface area contributed by atoms with Gasteiger partial charge in [-0.1, -0.05) is 0 Å². The average molecular weight is 175 g/mol. The Labute approximate surface area is 70.5 Å². The topological polar surface area (TPSA) is 83.0 Å². The van der Waals surface area contributed by atoms with Crippen LogP contribution in [-0.2, 0) is 4.74 Å². The summed E-state index contributed by atoms with van der Waals surface area (Å²) in [5.41, 5.74) is 5.06. The van der Waals surface area contributed by atoms with E-state index in [2.05, 4.69) is 0 Å². The first-order valence-corrected chi connectivity index (χ1v) is 4.21. The number of ether oxygens (including phenoxy) is 1. The molecule has 4 N–H and O–H groups in total. The van der Waals surface area contributed by atoms with Crippen LogP contribution in [0.3, 0.4) is 0 Å². The van der Waals surface area contributed by atoms with Crippen molar-refractivity contribution in [3.8, 4) is 0 Å². The summed E-state index contributed by atoms with van der Waals surface area (Å²) in [5.74, 6) is 0.624. The molecule has 0 aromatic heterocycles. The number of methoxy groups -OCH3 is 1. The number of thioether (sulfide) groups is 1. The Morgan fingerprint density at radius 1 is 1.55 bits per heavy atom. The molecular formula is C6H13N3OS. The van der Waals surface area contributed by atoms with Crippen LogP contribution >= 0.6 is 11.8 Å². The summed E-state index contributed by atoms with van der Waals surface area (Å²) >= 11 is 1.28. The van der Waals surface area contributed by atoms with Crippen molar-refractivity contribution in [3.05, 3.63) is 0 Å². The van der Waals surface area contributed by atoms with Crippen LogP contribution in [0.2, 0.25) is 0 Å². The summed E-state index contributed by atoms with van der Waals surface area (Å²) in [6.07, 6.45) is 0.886. The molecule has 0 aliphatic heterocycles. The molecule has 0 aliphatic carbocycles. The van der Waals surface area contributed by atoms with Crippen LogP contribution in [-0.4, -0.2) is 30.3 Å². The van der Waals surface area contributed by atoms with E-state index in [1.807, 2.05) is 0 Å². The van der Waals surface area contributed by atoms with Gasteiger partial charge in [0.1, 0.15) is 10.9 Å². The van der Waals surface area contributed by atoms with E-state index >= 15 is 0 Å². The second-order valence-electron chi connectivity index (χ2n) is 1.94. The number of hydrogen-bond donors (Lipinski definition) is 3. The highest BCUT2D eigenvalue weighted by Crippen LogP contribution is 2.03. The molecule has 4 nitrogen and oxygen atoms in total. The van der Waals surface area contributed by atoms with Crippen molar-refractivity contribution in [1.29, 1.82) is 10.8 Å². The Kier molecular flexibility index (Phi) is 5.87. The van der Waals surface area contributed by atoms with E-state index in [9.17, 15) is 0 Å². The summed E-state index contributed by atoms with van der Waals surface area (Å²) < 4.78 is 4.82. The van der Waals surface area contributed by atoms with E-state index in [0.717, 1.165) is 12.2 Å². The van der Waals surface area contributed by atoms with Crippen molar-refractivity contribution in [1.82, 2.24) is 0 Å². The van der Waals surface area contributed by atoms with Crippen LogP contribution in [0.4, 0.5) is 0 Å². The Balaban J connectivity index is 3.25. The summed E-state index contributed by atoms with van der Waals surface area (Å²) in [6.45, 7) is 0.693. The van der Waals surface area contributed by atoms with E-state index in [1.54, 1.807) is 7.11 Å². The lowest BCUT2D eigenvalue weighted by Crippen LogP contribution is -2.18. The average Bonchev–Trinajstić information content (AvgIpc) is 1.97. The van der Waals surface area contributed by atoms with E-state index in [0.29, 0.717) is 6.61 Å². The van der Waals surface area contributed by atoms with Gasteiger partial charge in [-0.2, -0.15) is 0 Å². The third-order valence-corrected chi connectivity index (χ3v) is 1.99. The molecule has 64 valence electrons. The van der Waals surface area contributed by atoms with Crippen LogP contribution in [0.5, 0.6) is 0 Å². The first-order valence-electron chi connectivity index (χ1n) is 3.23. The van der Waals surface area contributed by atoms with Gasteiger partial charge in [-0.3, -0.25) is 10.8 Å². The molecule has 0 unspecified atom stereocenters. The van der Waals surface area contributed by atoms with Gasteiger partial charge in [-0.15, -0.1) is 11.8 Å². The van der Waals surface area contributed by atoms with Crippen LogP contribution in [0.25, 0.3) is 0 Å². The van der Waals surface area contributed by atoms with Gasteiger partial charge in [0.25, 0.3) is 0 Å². The van der Waals surface area contributed by atoms with Crippen LogP contribution in [0.1, 0.15) is 6.42 Å². The van der Waals surface area contributed by atoms with Crippen molar-refractivity contribution in [2.24, 2.45) is 5.73 Å². The van der Waals surface area contributed by atoms with Crippen molar-refractivity contribution >= 4 is 22.6 Å². The highest BCUT2D eigenvalue weighted by Gasteiger charge is 1.99. The minimum absolute atomic E-state index is 0.140. The largest absolute Gasteiger partial charge is 0.385 e. The molecule has 0 radical (unpaired) electrons. The molecule has 0 amide bonds. The lowest BCUT2D eigenvalue weighted by atomic mass is 10.5. The smallest absolute Gasteiger partial charge is 0.147 e. The second kappa shape index (κ2) is 6.18. The predicted octanol–water partition coefficient (Wildman–Crippen LogP) is 0.669. The zero-order valence-corrected chi connectivity index (χ0v) is 7.33. The number of hydrogen-bond acceptors (Lipinski definition) is 4. The van der Waals surface area contributed by atoms with Gasteiger partial charge in [0.05, 0.1) is 0 Å². The SMILES string of the molecule is COCCCSC(=N)C(=N)N. The fourth-order valence-electron chi connectivity index (χ4n) is 0.455. The third-order valence-electron chi connectivity index (χ3n) is 0.984. The van der Waals surface area contributed by atoms with Gasteiger partial charge in [-0.05, 0) is 6.42 Å². The molecule has 0 saturated heterocycles. The first-order chi connectivity index (χ1) is 5.18. The van der Waals surface area contributed by atoms with Crippen molar-refractivity contribution < 1.29 is 4.74 Å². The van der Waals surface area contributed by atoms with Gasteiger partial charge >= 0.3 is 0 Å². The zero-order chi connectivity index (χ0) is 8.69. The van der Waals surface area contributed by atoms with Crippen LogP contribution < -0.4 is 5.73 Å². The Hall–Kier alpha value is -0.550. The fourth-order valence-corrected chi connectivity index (χ4v) is 1.08. The van der Waals surface area contributed by atoms with Crippen molar-refractivity contribution in [2.45, 2.75) is 6.42 Å². The molecule has 0 saturated carbocycles. The van der Waals surface area contributed by atoms with E-state index in [4.69, 9.17) is 21.3 Å². The van der Waals surface area contributed by atoms with Gasteiger partial charge < -0.3 is 10.5 Å². The molecule has 0 heterocycles. The molecule has 0 fully saturated rings. The molecule has 0 aliphatic rings. The molecule has 0 spiro atoms. The van der Waals surface area contributed by atoms with E-state index in [1.165, 1.54) is 11.8 Å². The molecule has 5 heteroatoms. The molecule has 0 aromatic rings.